The largest absolute Gasteiger partial charge is 0.464 e. The Hall–Kier alpha value is -3.74. The van der Waals surface area contributed by atoms with Crippen molar-refractivity contribution in [3.05, 3.63) is 83.3 Å². The second-order valence-electron chi connectivity index (χ2n) is 8.48. The number of carbonyl (C=O) groups is 2. The highest BCUT2D eigenvalue weighted by molar-refractivity contribution is 5.97. The fraction of sp³-hybridized carbons (Fsp3) is 0.308. The molecular weight excluding hydrogens is 420 g/mol. The summed E-state index contributed by atoms with van der Waals surface area (Å²) in [6.45, 7) is 2.84. The van der Waals surface area contributed by atoms with Crippen molar-refractivity contribution in [2.24, 2.45) is 0 Å². The van der Waals surface area contributed by atoms with E-state index in [-0.39, 0.29) is 31.2 Å². The Morgan fingerprint density at radius 3 is 2.45 bits per heavy atom. The van der Waals surface area contributed by atoms with E-state index in [1.807, 2.05) is 49.4 Å². The third kappa shape index (κ3) is 4.87. The predicted molar refractivity (Wildman–Crippen MR) is 121 cm³/mol. The van der Waals surface area contributed by atoms with Crippen LogP contribution in [0.5, 0.6) is 11.5 Å². The zero-order chi connectivity index (χ0) is 22.8. The van der Waals surface area contributed by atoms with E-state index in [2.05, 4.69) is 0 Å². The third-order valence-corrected chi connectivity index (χ3v) is 5.89. The second kappa shape index (κ2) is 9.02. The zero-order valence-corrected chi connectivity index (χ0v) is 18.5. The first-order chi connectivity index (χ1) is 16.1. The maximum Gasteiger partial charge on any atom is 0.254 e. The zero-order valence-electron chi connectivity index (χ0n) is 18.5. The van der Waals surface area contributed by atoms with Gasteiger partial charge in [-0.1, -0.05) is 30.3 Å². The lowest BCUT2D eigenvalue weighted by atomic mass is 10.1. The summed E-state index contributed by atoms with van der Waals surface area (Å²) in [5.41, 5.74) is 1.52. The molecule has 7 heteroatoms. The van der Waals surface area contributed by atoms with Gasteiger partial charge >= 0.3 is 0 Å². The van der Waals surface area contributed by atoms with Crippen molar-refractivity contribution in [3.8, 4) is 11.5 Å². The van der Waals surface area contributed by atoms with Crippen molar-refractivity contribution in [1.29, 1.82) is 0 Å². The van der Waals surface area contributed by atoms with Crippen LogP contribution in [0.15, 0.2) is 65.1 Å². The lowest BCUT2D eigenvalue weighted by Gasteiger charge is -2.27. The highest BCUT2D eigenvalue weighted by atomic mass is 16.7. The first-order valence-corrected chi connectivity index (χ1v) is 11.1. The van der Waals surface area contributed by atoms with Crippen LogP contribution in [0.25, 0.3) is 0 Å². The number of benzene rings is 2. The van der Waals surface area contributed by atoms with Gasteiger partial charge in [0.1, 0.15) is 18.1 Å². The Morgan fingerprint density at radius 1 is 0.939 bits per heavy atom. The van der Waals surface area contributed by atoms with Crippen LogP contribution in [0, 0.1) is 6.92 Å². The van der Waals surface area contributed by atoms with Crippen LogP contribution in [-0.2, 0) is 17.9 Å². The number of carbonyl (C=O) groups excluding carboxylic acids is 2. The molecule has 170 valence electrons. The number of aryl methyl sites for hydroxylation is 1. The second-order valence-corrected chi connectivity index (χ2v) is 8.48. The number of hydrogen-bond donors (Lipinski definition) is 0. The summed E-state index contributed by atoms with van der Waals surface area (Å²) < 4.78 is 16.5. The first-order valence-electron chi connectivity index (χ1n) is 11.1. The van der Waals surface area contributed by atoms with Gasteiger partial charge in [-0.05, 0) is 55.7 Å². The summed E-state index contributed by atoms with van der Waals surface area (Å²) in [5, 5.41) is 0. The lowest BCUT2D eigenvalue weighted by molar-refractivity contribution is -0.133. The number of amides is 2. The van der Waals surface area contributed by atoms with E-state index in [0.29, 0.717) is 30.2 Å². The van der Waals surface area contributed by atoms with E-state index in [1.54, 1.807) is 28.0 Å². The van der Waals surface area contributed by atoms with E-state index in [1.165, 1.54) is 0 Å². The fourth-order valence-corrected chi connectivity index (χ4v) is 3.99. The Balaban J connectivity index is 1.35. The van der Waals surface area contributed by atoms with Gasteiger partial charge in [-0.15, -0.1) is 0 Å². The molecule has 2 aliphatic rings. The summed E-state index contributed by atoms with van der Waals surface area (Å²) in [7, 11) is 0. The molecule has 7 nitrogen and oxygen atoms in total. The number of hydrogen-bond acceptors (Lipinski definition) is 5. The van der Waals surface area contributed by atoms with Crippen molar-refractivity contribution in [2.45, 2.75) is 38.9 Å². The molecule has 0 N–H and O–H groups in total. The van der Waals surface area contributed by atoms with Crippen LogP contribution in [0.2, 0.25) is 0 Å². The van der Waals surface area contributed by atoms with Crippen molar-refractivity contribution in [2.75, 3.05) is 13.3 Å². The molecule has 5 rings (SSSR count). The van der Waals surface area contributed by atoms with Gasteiger partial charge < -0.3 is 23.7 Å². The third-order valence-electron chi connectivity index (χ3n) is 5.89. The SMILES string of the molecule is Cc1ccc(CN(Cc2ccccc2)C(=O)CN(C(=O)c2ccc3c(c2)OCO3)C2CC2)o1. The van der Waals surface area contributed by atoms with Crippen LogP contribution >= 0.6 is 0 Å². The lowest BCUT2D eigenvalue weighted by Crippen LogP contribution is -2.43. The average Bonchev–Trinajstić information content (AvgIpc) is 3.41. The van der Waals surface area contributed by atoms with Crippen molar-refractivity contribution in [1.82, 2.24) is 9.80 Å². The van der Waals surface area contributed by atoms with Crippen molar-refractivity contribution >= 4 is 11.8 Å². The van der Waals surface area contributed by atoms with Crippen molar-refractivity contribution in [3.63, 3.8) is 0 Å². The molecule has 0 unspecified atom stereocenters. The van der Waals surface area contributed by atoms with Crippen LogP contribution < -0.4 is 9.47 Å². The van der Waals surface area contributed by atoms with Gasteiger partial charge in [-0.25, -0.2) is 0 Å². The van der Waals surface area contributed by atoms with Gasteiger partial charge in [-0.2, -0.15) is 0 Å². The van der Waals surface area contributed by atoms with Crippen LogP contribution in [-0.4, -0.2) is 41.0 Å². The van der Waals surface area contributed by atoms with E-state index in [0.717, 1.165) is 29.9 Å². The number of furan rings is 1. The molecule has 1 saturated carbocycles. The van der Waals surface area contributed by atoms with Gasteiger partial charge in [0.15, 0.2) is 11.5 Å². The minimum Gasteiger partial charge on any atom is -0.464 e. The first kappa shape index (κ1) is 21.1. The number of fused-ring (bicyclic) bond motifs is 1. The maximum absolute atomic E-state index is 13.5. The number of ether oxygens (including phenoxy) is 2. The van der Waals surface area contributed by atoms with E-state index in [9.17, 15) is 9.59 Å². The molecule has 3 aromatic rings. The molecule has 1 fully saturated rings. The quantitative estimate of drug-likeness (QED) is 0.520. The molecule has 1 aromatic heterocycles. The minimum atomic E-state index is -0.169. The van der Waals surface area contributed by atoms with Crippen LogP contribution in [0.3, 0.4) is 0 Å². The molecular formula is C26H26N2O5. The molecule has 2 amide bonds. The van der Waals surface area contributed by atoms with Gasteiger partial charge in [-0.3, -0.25) is 9.59 Å². The molecule has 0 bridgehead atoms. The molecule has 1 aliphatic carbocycles. The van der Waals surface area contributed by atoms with E-state index >= 15 is 0 Å². The van der Waals surface area contributed by atoms with E-state index in [4.69, 9.17) is 13.9 Å². The Kier molecular flexibility index (Phi) is 5.77. The van der Waals surface area contributed by atoms with Crippen molar-refractivity contribution < 1.29 is 23.5 Å². The molecule has 0 radical (unpaired) electrons. The number of nitrogens with zero attached hydrogens (tertiary/aromatic N) is 2. The maximum atomic E-state index is 13.5. The fourth-order valence-electron chi connectivity index (χ4n) is 3.99. The molecule has 2 heterocycles. The smallest absolute Gasteiger partial charge is 0.254 e. The molecule has 0 spiro atoms. The summed E-state index contributed by atoms with van der Waals surface area (Å²) >= 11 is 0. The number of rotatable bonds is 8. The molecule has 1 aliphatic heterocycles. The monoisotopic (exact) mass is 446 g/mol. The average molecular weight is 447 g/mol. The molecule has 0 atom stereocenters. The molecule has 0 saturated heterocycles. The van der Waals surface area contributed by atoms with Gasteiger partial charge in [0, 0.05) is 18.2 Å². The Morgan fingerprint density at radius 2 is 1.73 bits per heavy atom. The topological polar surface area (TPSA) is 72.2 Å². The Labute approximate surface area is 192 Å². The normalized spacial score (nSPS) is 14.2. The highest BCUT2D eigenvalue weighted by Crippen LogP contribution is 2.34. The molecule has 33 heavy (non-hydrogen) atoms. The summed E-state index contributed by atoms with van der Waals surface area (Å²) in [6, 6.07) is 18.8. The van der Waals surface area contributed by atoms with Crippen LogP contribution in [0.1, 0.15) is 40.3 Å². The van der Waals surface area contributed by atoms with Gasteiger partial charge in [0.05, 0.1) is 6.54 Å². The van der Waals surface area contributed by atoms with Crippen LogP contribution in [0.4, 0.5) is 0 Å². The van der Waals surface area contributed by atoms with Gasteiger partial charge in [0.2, 0.25) is 12.7 Å². The highest BCUT2D eigenvalue weighted by Gasteiger charge is 2.36. The Bertz CT molecular complexity index is 1150. The van der Waals surface area contributed by atoms with E-state index < -0.39 is 0 Å². The summed E-state index contributed by atoms with van der Waals surface area (Å²) in [6.07, 6.45) is 1.80. The minimum absolute atomic E-state index is 0.0183. The molecule has 2 aromatic carbocycles. The summed E-state index contributed by atoms with van der Waals surface area (Å²) in [5.74, 6) is 2.42. The predicted octanol–water partition coefficient (Wildman–Crippen LogP) is 4.15. The summed E-state index contributed by atoms with van der Waals surface area (Å²) in [4.78, 5) is 30.2. The standard InChI is InChI=1S/C26H26N2O5/c1-18-7-11-22(33-18)15-27(14-19-5-3-2-4-6-19)25(29)16-28(21-9-10-21)26(30)20-8-12-23-24(13-20)32-17-31-23/h2-8,11-13,21H,9-10,14-17H2,1H3. The van der Waals surface area contributed by atoms with Gasteiger partial charge in [0.25, 0.3) is 5.91 Å².